The molecular weight excluding hydrogens is 444 g/mol. The van der Waals surface area contributed by atoms with Crippen LogP contribution in [0.4, 0.5) is 0 Å². The zero-order chi connectivity index (χ0) is 23.1. The Morgan fingerprint density at radius 2 is 1.56 bits per heavy atom. The van der Waals surface area contributed by atoms with Crippen LogP contribution in [0.2, 0.25) is 0 Å². The van der Waals surface area contributed by atoms with E-state index in [4.69, 9.17) is 10.1 Å². The summed E-state index contributed by atoms with van der Waals surface area (Å²) < 4.78 is 4.92. The Balaban J connectivity index is 1.57. The molecule has 34 heavy (non-hydrogen) atoms. The van der Waals surface area contributed by atoms with Gasteiger partial charge in [-0.3, -0.25) is 9.36 Å². The molecule has 3 heterocycles. The van der Waals surface area contributed by atoms with Crippen LogP contribution < -0.4 is 5.56 Å². The van der Waals surface area contributed by atoms with Gasteiger partial charge in [-0.05, 0) is 36.8 Å². The van der Waals surface area contributed by atoms with Crippen LogP contribution in [0.15, 0.2) is 101 Å². The average molecular weight is 465 g/mol. The predicted octanol–water partition coefficient (Wildman–Crippen LogP) is 4.82. The third-order valence-electron chi connectivity index (χ3n) is 5.66. The van der Waals surface area contributed by atoms with Gasteiger partial charge in [0.2, 0.25) is 5.78 Å². The van der Waals surface area contributed by atoms with Gasteiger partial charge in [0.1, 0.15) is 16.7 Å². The lowest BCUT2D eigenvalue weighted by atomic mass is 10.2. The van der Waals surface area contributed by atoms with E-state index in [1.54, 1.807) is 11.0 Å². The smallest absolute Gasteiger partial charge is 0.267 e. The molecule has 0 radical (unpaired) electrons. The van der Waals surface area contributed by atoms with Gasteiger partial charge in [0.25, 0.3) is 5.56 Å². The monoisotopic (exact) mass is 464 g/mol. The lowest BCUT2D eigenvalue weighted by Crippen LogP contribution is -2.16. The molecule has 3 aromatic heterocycles. The highest BCUT2D eigenvalue weighted by Gasteiger charge is 2.21. The number of hydrogen-bond donors (Lipinski definition) is 0. The van der Waals surface area contributed by atoms with Gasteiger partial charge in [0.15, 0.2) is 5.65 Å². The molecule has 0 spiro atoms. The van der Waals surface area contributed by atoms with Gasteiger partial charge in [-0.15, -0.1) is 0 Å². The minimum Gasteiger partial charge on any atom is -0.267 e. The molecule has 3 aromatic carbocycles. The molecule has 0 saturated carbocycles. The molecule has 0 atom stereocenters. The predicted molar refractivity (Wildman–Crippen MR) is 134 cm³/mol. The first-order valence-corrected chi connectivity index (χ1v) is 11.9. The number of thioether (sulfide) groups is 1. The number of benzene rings is 3. The van der Waals surface area contributed by atoms with Crippen molar-refractivity contribution in [3.05, 3.63) is 113 Å². The third kappa shape index (κ3) is 3.48. The zero-order valence-corrected chi connectivity index (χ0v) is 19.2. The lowest BCUT2D eigenvalue weighted by Gasteiger charge is -2.05. The number of hydrogen-bond acceptors (Lipinski definition) is 5. The van der Waals surface area contributed by atoms with E-state index in [2.05, 4.69) is 17.2 Å². The summed E-state index contributed by atoms with van der Waals surface area (Å²) in [4.78, 5) is 18.5. The van der Waals surface area contributed by atoms with Crippen LogP contribution in [0.3, 0.4) is 0 Å². The molecule has 6 aromatic rings. The number of fused-ring (bicyclic) bond motifs is 2. The highest BCUT2D eigenvalue weighted by Crippen LogP contribution is 2.29. The summed E-state index contributed by atoms with van der Waals surface area (Å²) in [6.45, 7) is 2.04. The fourth-order valence-electron chi connectivity index (χ4n) is 3.90. The van der Waals surface area contributed by atoms with Crippen molar-refractivity contribution in [1.29, 1.82) is 0 Å². The molecule has 0 N–H and O–H groups in total. The van der Waals surface area contributed by atoms with Gasteiger partial charge >= 0.3 is 0 Å². The fourth-order valence-corrected chi connectivity index (χ4v) is 4.86. The van der Waals surface area contributed by atoms with Gasteiger partial charge in [0, 0.05) is 5.75 Å². The summed E-state index contributed by atoms with van der Waals surface area (Å²) in [6, 6.07) is 27.9. The molecular formula is C26H20N6OS. The fraction of sp³-hybridized carbons (Fsp3) is 0.0769. The molecule has 0 fully saturated rings. The van der Waals surface area contributed by atoms with E-state index < -0.39 is 0 Å². The largest absolute Gasteiger partial charge is 0.288 e. The van der Waals surface area contributed by atoms with Crippen molar-refractivity contribution in [3.8, 4) is 11.4 Å². The van der Waals surface area contributed by atoms with Crippen LogP contribution in [-0.2, 0) is 5.75 Å². The average Bonchev–Trinajstić information content (AvgIpc) is 3.47. The van der Waals surface area contributed by atoms with Crippen molar-refractivity contribution < 1.29 is 0 Å². The van der Waals surface area contributed by atoms with Crippen LogP contribution in [0.5, 0.6) is 0 Å². The third-order valence-corrected chi connectivity index (χ3v) is 6.70. The summed E-state index contributed by atoms with van der Waals surface area (Å²) >= 11 is 1.53. The summed E-state index contributed by atoms with van der Waals surface area (Å²) in [5.74, 6) is 1.14. The number of aromatic nitrogens is 6. The maximum Gasteiger partial charge on any atom is 0.288 e. The first-order valence-electron chi connectivity index (χ1n) is 10.9. The second-order valence-electron chi connectivity index (χ2n) is 7.99. The Bertz CT molecular complexity index is 1670. The number of rotatable bonds is 5. The van der Waals surface area contributed by atoms with Crippen LogP contribution in [0.25, 0.3) is 28.2 Å². The molecule has 0 unspecified atom stereocenters. The highest BCUT2D eigenvalue weighted by molar-refractivity contribution is 7.98. The maximum absolute atomic E-state index is 13.6. The van der Waals surface area contributed by atoms with E-state index in [1.807, 2.05) is 84.3 Å². The van der Waals surface area contributed by atoms with Crippen molar-refractivity contribution in [3.63, 3.8) is 0 Å². The van der Waals surface area contributed by atoms with Gasteiger partial charge in [-0.2, -0.15) is 19.7 Å². The maximum atomic E-state index is 13.6. The van der Waals surface area contributed by atoms with Gasteiger partial charge in [-0.25, -0.2) is 4.68 Å². The van der Waals surface area contributed by atoms with E-state index in [0.29, 0.717) is 27.6 Å². The molecule has 166 valence electrons. The van der Waals surface area contributed by atoms with Crippen molar-refractivity contribution in [2.24, 2.45) is 0 Å². The number of nitrogens with zero attached hydrogens (tertiary/aromatic N) is 6. The molecule has 0 bridgehead atoms. The van der Waals surface area contributed by atoms with Gasteiger partial charge < -0.3 is 0 Å². The molecule has 0 amide bonds. The Hall–Kier alpha value is -4.17. The Labute approximate surface area is 199 Å². The van der Waals surface area contributed by atoms with E-state index in [0.717, 1.165) is 22.5 Å². The highest BCUT2D eigenvalue weighted by atomic mass is 32.2. The van der Waals surface area contributed by atoms with E-state index in [9.17, 15) is 4.79 Å². The first kappa shape index (κ1) is 20.4. The zero-order valence-electron chi connectivity index (χ0n) is 18.4. The molecule has 7 nitrogen and oxygen atoms in total. The van der Waals surface area contributed by atoms with Crippen LogP contribution in [0, 0.1) is 6.92 Å². The standard InChI is InChI=1S/C26H20N6OS/c1-18-12-14-20(15-13-18)30-17-27-32-25(33)22-23(28-26(30)32)31(21-10-6-3-7-11-21)29-24(22)34-16-19-8-4-2-5-9-19/h2-15,17H,16H2,1H3. The minimum atomic E-state index is -0.233. The van der Waals surface area contributed by atoms with Gasteiger partial charge in [-0.1, -0.05) is 78.0 Å². The molecule has 0 aliphatic rings. The summed E-state index contributed by atoms with van der Waals surface area (Å²) in [5, 5.41) is 10.3. The lowest BCUT2D eigenvalue weighted by molar-refractivity contribution is 0.850. The van der Waals surface area contributed by atoms with Crippen LogP contribution >= 0.6 is 11.8 Å². The molecule has 0 aliphatic carbocycles. The Morgan fingerprint density at radius 3 is 2.29 bits per heavy atom. The van der Waals surface area contributed by atoms with Crippen molar-refractivity contribution in [2.45, 2.75) is 17.7 Å². The topological polar surface area (TPSA) is 70.0 Å². The van der Waals surface area contributed by atoms with Crippen molar-refractivity contribution in [2.75, 3.05) is 0 Å². The second-order valence-corrected chi connectivity index (χ2v) is 8.95. The molecule has 0 saturated heterocycles. The second kappa shape index (κ2) is 8.31. The first-order chi connectivity index (χ1) is 16.7. The quantitative estimate of drug-likeness (QED) is 0.342. The summed E-state index contributed by atoms with van der Waals surface area (Å²) in [5.41, 5.74) is 4.33. The summed E-state index contributed by atoms with van der Waals surface area (Å²) in [7, 11) is 0. The van der Waals surface area contributed by atoms with Crippen LogP contribution in [-0.4, -0.2) is 28.9 Å². The molecule has 0 aliphatic heterocycles. The van der Waals surface area contributed by atoms with E-state index in [-0.39, 0.29) is 5.56 Å². The SMILES string of the molecule is Cc1ccc(-n2cnn3c(=O)c4c(SCc5ccccc5)nn(-c5ccccc5)c4nc23)cc1. The minimum absolute atomic E-state index is 0.233. The van der Waals surface area contributed by atoms with Crippen LogP contribution in [0.1, 0.15) is 11.1 Å². The normalized spacial score (nSPS) is 11.4. The molecule has 8 heteroatoms. The Kier molecular flexibility index (Phi) is 5.00. The number of para-hydroxylation sites is 1. The van der Waals surface area contributed by atoms with E-state index >= 15 is 0 Å². The van der Waals surface area contributed by atoms with Gasteiger partial charge in [0.05, 0.1) is 11.4 Å². The van der Waals surface area contributed by atoms with Crippen molar-refractivity contribution >= 4 is 28.6 Å². The molecule has 6 rings (SSSR count). The van der Waals surface area contributed by atoms with E-state index in [1.165, 1.54) is 16.3 Å². The van der Waals surface area contributed by atoms with Crippen molar-refractivity contribution in [1.82, 2.24) is 28.9 Å². The Morgan fingerprint density at radius 1 is 0.853 bits per heavy atom. The number of aryl methyl sites for hydroxylation is 1. The summed E-state index contributed by atoms with van der Waals surface area (Å²) in [6.07, 6.45) is 1.63.